The topological polar surface area (TPSA) is 0 Å². The molecule has 0 nitrogen and oxygen atoms in total. The molecule has 0 N–H and O–H groups in total. The Labute approximate surface area is 170 Å². The van der Waals surface area contributed by atoms with Crippen LogP contribution in [0.15, 0.2) is 48.1 Å². The van der Waals surface area contributed by atoms with Gasteiger partial charge in [-0.15, -0.1) is 0 Å². The molecule has 0 amide bonds. The summed E-state index contributed by atoms with van der Waals surface area (Å²) in [5, 5.41) is 0. The maximum absolute atomic E-state index is 2.58. The van der Waals surface area contributed by atoms with Crippen LogP contribution in [0.25, 0.3) is 0 Å². The van der Waals surface area contributed by atoms with Crippen molar-refractivity contribution in [3.05, 3.63) is 48.1 Å². The van der Waals surface area contributed by atoms with E-state index < -0.39 is 22.8 Å². The van der Waals surface area contributed by atoms with Crippen molar-refractivity contribution in [1.29, 1.82) is 0 Å². The molecule has 4 aliphatic carbocycles. The van der Waals surface area contributed by atoms with Gasteiger partial charge in [0.1, 0.15) is 0 Å². The van der Waals surface area contributed by atoms with E-state index >= 15 is 0 Å². The second-order valence-corrected chi connectivity index (χ2v) is 12.6. The van der Waals surface area contributed by atoms with Crippen molar-refractivity contribution in [2.75, 3.05) is 0 Å². The molecular formula is C21H27Cl2Zr. The summed E-state index contributed by atoms with van der Waals surface area (Å²) >= 11 is -0.400. The Morgan fingerprint density at radius 2 is 1.75 bits per heavy atom. The minimum atomic E-state index is -0.400. The van der Waals surface area contributed by atoms with E-state index in [2.05, 4.69) is 56.4 Å². The van der Waals surface area contributed by atoms with Crippen molar-refractivity contribution in [1.82, 2.24) is 0 Å². The average molecular weight is 442 g/mol. The van der Waals surface area contributed by atoms with Crippen LogP contribution in [-0.4, -0.2) is 3.21 Å². The molecule has 4 aliphatic rings. The summed E-state index contributed by atoms with van der Waals surface area (Å²) in [4.78, 5) is 0. The first-order chi connectivity index (χ1) is 10.8. The third kappa shape index (κ3) is 3.70. The van der Waals surface area contributed by atoms with Gasteiger partial charge in [0.25, 0.3) is 0 Å². The van der Waals surface area contributed by atoms with Gasteiger partial charge in [-0.1, -0.05) is 0 Å². The van der Waals surface area contributed by atoms with Gasteiger partial charge in [-0.25, -0.2) is 0 Å². The zero-order valence-corrected chi connectivity index (χ0v) is 18.6. The number of allylic oxidation sites excluding steroid dienone is 8. The van der Waals surface area contributed by atoms with Crippen LogP contribution in [-0.2, 0) is 22.8 Å². The Hall–Kier alpha value is 0.293. The standard InChI is InChI=1S/C18H21.C3H6.2ClH.Zr/c1-2-7-13(6-1)15-10-5-11-17-16-9-4-3-8-14(16)12-18(15)17;1-3-2;;;/h1-4,6,8-9,12,14-18H,5,7,10-11H2;1-2H3;2*1H;/q;;;;+2/p-2. The fraction of sp³-hybridized carbons (Fsp3) is 0.571. The van der Waals surface area contributed by atoms with Gasteiger partial charge in [-0.2, -0.15) is 0 Å². The van der Waals surface area contributed by atoms with Crippen molar-refractivity contribution in [3.63, 3.8) is 0 Å². The Bertz CT molecular complexity index is 595. The Morgan fingerprint density at radius 1 is 1.00 bits per heavy atom. The molecule has 0 saturated heterocycles. The molecule has 129 valence electrons. The number of hydrogen-bond donors (Lipinski definition) is 0. The molecule has 0 bridgehead atoms. The first kappa shape index (κ1) is 20.6. The summed E-state index contributed by atoms with van der Waals surface area (Å²) in [5.74, 6) is 4.59. The average Bonchev–Trinajstić information content (AvgIpc) is 3.15. The molecule has 0 heterocycles. The van der Waals surface area contributed by atoms with Crippen LogP contribution in [0.1, 0.15) is 39.5 Å². The van der Waals surface area contributed by atoms with E-state index in [0.717, 1.165) is 33.2 Å². The maximum atomic E-state index is 2.58. The van der Waals surface area contributed by atoms with Crippen LogP contribution in [0, 0.1) is 29.6 Å². The Morgan fingerprint density at radius 3 is 2.42 bits per heavy atom. The fourth-order valence-electron chi connectivity index (χ4n) is 5.60. The molecule has 0 spiro atoms. The molecule has 2 fully saturated rings. The third-order valence-electron chi connectivity index (χ3n) is 6.29. The monoisotopic (exact) mass is 439 g/mol. The minimum absolute atomic E-state index is 0. The maximum Gasteiger partial charge on any atom is -1.00 e. The number of rotatable bonds is 2. The number of fused-ring (bicyclic) bond motifs is 3. The first-order valence-electron chi connectivity index (χ1n) is 9.03. The van der Waals surface area contributed by atoms with Crippen molar-refractivity contribution in [2.45, 2.75) is 43.2 Å². The number of halogens is 2. The van der Waals surface area contributed by atoms with Crippen molar-refractivity contribution in [2.24, 2.45) is 29.6 Å². The largest absolute Gasteiger partial charge is 1.00 e. The smallest absolute Gasteiger partial charge is 1.00 e. The predicted octanol–water partition coefficient (Wildman–Crippen LogP) is -0.632. The van der Waals surface area contributed by atoms with Gasteiger partial charge >= 0.3 is 147 Å². The molecule has 0 aromatic carbocycles. The van der Waals surface area contributed by atoms with Gasteiger partial charge in [-0.05, 0) is 0 Å². The summed E-state index contributed by atoms with van der Waals surface area (Å²) in [5.41, 5.74) is 1.76. The molecule has 4 rings (SSSR count). The van der Waals surface area contributed by atoms with Crippen molar-refractivity contribution >= 4 is 3.21 Å². The molecule has 6 unspecified atom stereocenters. The molecular weight excluding hydrogens is 414 g/mol. The second-order valence-electron chi connectivity index (χ2n) is 7.75. The van der Waals surface area contributed by atoms with Crippen LogP contribution in [0.3, 0.4) is 0 Å². The normalized spacial score (nSPS) is 38.3. The first-order valence-corrected chi connectivity index (χ1v) is 11.7. The van der Waals surface area contributed by atoms with Gasteiger partial charge in [-0.3, -0.25) is 0 Å². The van der Waals surface area contributed by atoms with Crippen LogP contribution in [0.4, 0.5) is 0 Å². The van der Waals surface area contributed by atoms with Gasteiger partial charge in [0.2, 0.25) is 0 Å². The minimum Gasteiger partial charge on any atom is -1.00 e. The van der Waals surface area contributed by atoms with E-state index in [1.54, 1.807) is 8.78 Å². The summed E-state index contributed by atoms with van der Waals surface area (Å²) in [6, 6.07) is 0. The van der Waals surface area contributed by atoms with E-state index in [4.69, 9.17) is 0 Å². The summed E-state index contributed by atoms with van der Waals surface area (Å²) in [7, 11) is 0. The summed E-state index contributed by atoms with van der Waals surface area (Å²) in [6.45, 7) is 4.82. The van der Waals surface area contributed by atoms with E-state index in [0.29, 0.717) is 0 Å². The summed E-state index contributed by atoms with van der Waals surface area (Å²) < 4.78 is 2.83. The van der Waals surface area contributed by atoms with Gasteiger partial charge < -0.3 is 24.8 Å². The Kier molecular flexibility index (Phi) is 7.54. The van der Waals surface area contributed by atoms with Crippen LogP contribution >= 0.6 is 0 Å². The van der Waals surface area contributed by atoms with E-state index in [1.807, 2.05) is 0 Å². The molecule has 0 radical (unpaired) electrons. The van der Waals surface area contributed by atoms with Crippen molar-refractivity contribution < 1.29 is 47.6 Å². The summed E-state index contributed by atoms with van der Waals surface area (Å²) in [6.07, 6.45) is 22.6. The molecule has 3 heteroatoms. The van der Waals surface area contributed by atoms with Gasteiger partial charge in [0, 0.05) is 0 Å². The van der Waals surface area contributed by atoms with Crippen LogP contribution < -0.4 is 24.8 Å². The molecule has 6 atom stereocenters. The zero-order valence-electron chi connectivity index (χ0n) is 14.6. The fourth-order valence-corrected chi connectivity index (χ4v) is 10.2. The predicted molar refractivity (Wildman–Crippen MR) is 91.5 cm³/mol. The molecule has 24 heavy (non-hydrogen) atoms. The quantitative estimate of drug-likeness (QED) is 0.536. The Balaban J connectivity index is 0.00000104. The second kappa shape index (κ2) is 8.79. The van der Waals surface area contributed by atoms with E-state index in [1.165, 1.54) is 25.7 Å². The van der Waals surface area contributed by atoms with E-state index in [9.17, 15) is 0 Å². The SMILES string of the molecule is C[C](C)=[Zr+2][CH]1C2C=CC=CC2C2CCCC(C3=CC=CC3)C21.[Cl-].[Cl-]. The van der Waals surface area contributed by atoms with Crippen LogP contribution in [0.2, 0.25) is 3.63 Å². The van der Waals surface area contributed by atoms with Gasteiger partial charge in [0.15, 0.2) is 0 Å². The molecule has 2 saturated carbocycles. The molecule has 0 aromatic rings. The molecule has 0 aliphatic heterocycles. The van der Waals surface area contributed by atoms with Crippen LogP contribution in [0.5, 0.6) is 0 Å². The zero-order chi connectivity index (χ0) is 15.1. The molecule has 0 aromatic heterocycles. The third-order valence-corrected chi connectivity index (χ3v) is 10.4. The number of hydrogen-bond acceptors (Lipinski definition) is 0. The van der Waals surface area contributed by atoms with Crippen molar-refractivity contribution in [3.8, 4) is 0 Å². The van der Waals surface area contributed by atoms with Gasteiger partial charge in [0.05, 0.1) is 0 Å². The van der Waals surface area contributed by atoms with E-state index in [-0.39, 0.29) is 24.8 Å².